The van der Waals surface area contributed by atoms with E-state index in [0.29, 0.717) is 33.8 Å². The number of aliphatic hydroxyl groups is 1. The van der Waals surface area contributed by atoms with Gasteiger partial charge in [-0.15, -0.1) is 0 Å². The van der Waals surface area contributed by atoms with Gasteiger partial charge in [0.15, 0.2) is 0 Å². The molecule has 172 valence electrons. The molecule has 2 aromatic carbocycles. The number of aromatic nitrogens is 3. The summed E-state index contributed by atoms with van der Waals surface area (Å²) in [4.78, 5) is 17.3. The van der Waals surface area contributed by atoms with Gasteiger partial charge in [-0.2, -0.15) is 8.75 Å². The summed E-state index contributed by atoms with van der Waals surface area (Å²) in [6.07, 6.45) is 1.79. The van der Waals surface area contributed by atoms with Crippen LogP contribution in [0.4, 0.5) is 0 Å². The number of methoxy groups -OCH3 is 2. The lowest BCUT2D eigenvalue weighted by Crippen LogP contribution is -2.29. The minimum Gasteiger partial charge on any atom is -0.495 e. The van der Waals surface area contributed by atoms with E-state index in [1.54, 1.807) is 48.7 Å². The number of nitrogens with zero attached hydrogens (tertiary/aromatic N) is 3. The van der Waals surface area contributed by atoms with Gasteiger partial charge in [0.25, 0.3) is 5.79 Å². The van der Waals surface area contributed by atoms with Crippen LogP contribution in [-0.2, 0) is 21.7 Å². The van der Waals surface area contributed by atoms with Crippen molar-refractivity contribution in [1.82, 2.24) is 13.7 Å². The second-order valence-corrected chi connectivity index (χ2v) is 8.52. The molecule has 0 bridgehead atoms. The molecule has 0 saturated carbocycles. The third-order valence-electron chi connectivity index (χ3n) is 5.63. The van der Waals surface area contributed by atoms with Crippen molar-refractivity contribution < 1.29 is 24.1 Å². The summed E-state index contributed by atoms with van der Waals surface area (Å²) in [6.45, 7) is 0. The van der Waals surface area contributed by atoms with Crippen LogP contribution in [0.25, 0.3) is 16.6 Å². The molecule has 0 fully saturated rings. The number of hydrogen-bond donors (Lipinski definition) is 1. The molecule has 1 N–H and O–H groups in total. The van der Waals surface area contributed by atoms with Crippen molar-refractivity contribution in [2.75, 3.05) is 14.2 Å². The molecule has 1 aliphatic rings. The number of carbonyl (C=O) groups is 1. The number of carbonyl (C=O) groups excluding carboxylic acids is 1. The number of halogens is 1. The Morgan fingerprint density at radius 2 is 1.88 bits per heavy atom. The van der Waals surface area contributed by atoms with E-state index in [-0.39, 0.29) is 17.0 Å². The quantitative estimate of drug-likeness (QED) is 0.398. The summed E-state index contributed by atoms with van der Waals surface area (Å²) >= 11 is 7.41. The molecule has 1 unspecified atom stereocenters. The number of esters is 1. The SMILES string of the molecule is COc1cc(CC2=C(c3ccc4nsnc4c3)C(=O)OC2(O)c2ccc(OC)c(Cl)c2)ccn1. The number of benzene rings is 2. The minimum atomic E-state index is -2.05. The molecular formula is C24H18ClN3O5S. The molecule has 0 saturated heterocycles. The van der Waals surface area contributed by atoms with Gasteiger partial charge in [-0.1, -0.05) is 17.7 Å². The zero-order chi connectivity index (χ0) is 23.9. The monoisotopic (exact) mass is 495 g/mol. The third kappa shape index (κ3) is 3.77. The van der Waals surface area contributed by atoms with Crippen LogP contribution < -0.4 is 9.47 Å². The fourth-order valence-corrected chi connectivity index (χ4v) is 4.74. The first-order chi connectivity index (χ1) is 16.4. The van der Waals surface area contributed by atoms with Crippen molar-refractivity contribution in [3.63, 3.8) is 0 Å². The molecule has 0 radical (unpaired) electrons. The highest BCUT2D eigenvalue weighted by Crippen LogP contribution is 2.46. The molecule has 1 aliphatic heterocycles. The molecule has 2 aromatic heterocycles. The van der Waals surface area contributed by atoms with E-state index in [0.717, 1.165) is 22.8 Å². The first kappa shape index (κ1) is 22.3. The van der Waals surface area contributed by atoms with Crippen LogP contribution in [0.15, 0.2) is 60.3 Å². The molecule has 3 heterocycles. The van der Waals surface area contributed by atoms with E-state index < -0.39 is 11.8 Å². The lowest BCUT2D eigenvalue weighted by molar-refractivity contribution is -0.185. The lowest BCUT2D eigenvalue weighted by Gasteiger charge is -2.26. The van der Waals surface area contributed by atoms with Gasteiger partial charge in [0.2, 0.25) is 5.88 Å². The Labute approximate surface area is 203 Å². The summed E-state index contributed by atoms with van der Waals surface area (Å²) in [7, 11) is 3.01. The van der Waals surface area contributed by atoms with Crippen LogP contribution in [0.1, 0.15) is 16.7 Å². The van der Waals surface area contributed by atoms with Crippen LogP contribution in [0.3, 0.4) is 0 Å². The molecule has 0 spiro atoms. The zero-order valence-corrected chi connectivity index (χ0v) is 19.7. The van der Waals surface area contributed by atoms with E-state index in [1.165, 1.54) is 20.3 Å². The van der Waals surface area contributed by atoms with Gasteiger partial charge in [-0.3, -0.25) is 0 Å². The Balaban J connectivity index is 1.70. The average molecular weight is 496 g/mol. The third-order valence-corrected chi connectivity index (χ3v) is 6.48. The van der Waals surface area contributed by atoms with Crippen LogP contribution in [0.5, 0.6) is 11.6 Å². The van der Waals surface area contributed by atoms with E-state index in [2.05, 4.69) is 13.7 Å². The summed E-state index contributed by atoms with van der Waals surface area (Å²) in [5.74, 6) is -1.86. The van der Waals surface area contributed by atoms with Crippen LogP contribution in [0, 0.1) is 0 Å². The predicted octanol–water partition coefficient (Wildman–Crippen LogP) is 4.16. The van der Waals surface area contributed by atoms with Crippen molar-refractivity contribution in [3.8, 4) is 11.6 Å². The van der Waals surface area contributed by atoms with Crippen molar-refractivity contribution in [1.29, 1.82) is 0 Å². The smallest absolute Gasteiger partial charge is 0.342 e. The largest absolute Gasteiger partial charge is 0.495 e. The zero-order valence-electron chi connectivity index (χ0n) is 18.1. The fourth-order valence-electron chi connectivity index (χ4n) is 3.96. The Bertz CT molecular complexity index is 1450. The van der Waals surface area contributed by atoms with Gasteiger partial charge in [0, 0.05) is 29.8 Å². The molecule has 1 atom stereocenters. The number of rotatable bonds is 6. The Hall–Kier alpha value is -3.53. The maximum Gasteiger partial charge on any atom is 0.342 e. The standard InChI is InChI=1S/C24H18ClN3O5S/c1-31-20-6-4-15(12-17(20)25)24(30)16(9-13-7-8-26-21(10-13)32-2)22(23(29)33-24)14-3-5-18-19(11-14)28-34-27-18/h3-8,10-12,30H,9H2,1-2H3. The maximum atomic E-state index is 13.2. The second-order valence-electron chi connectivity index (χ2n) is 7.59. The molecule has 5 rings (SSSR count). The maximum absolute atomic E-state index is 13.2. The van der Waals surface area contributed by atoms with E-state index in [1.807, 2.05) is 0 Å². The number of hydrogen-bond acceptors (Lipinski definition) is 9. The highest BCUT2D eigenvalue weighted by molar-refractivity contribution is 7.00. The van der Waals surface area contributed by atoms with Gasteiger partial charge >= 0.3 is 5.97 Å². The molecule has 8 nitrogen and oxygen atoms in total. The highest BCUT2D eigenvalue weighted by atomic mass is 35.5. The minimum absolute atomic E-state index is 0.188. The Morgan fingerprint density at radius 3 is 2.65 bits per heavy atom. The highest BCUT2D eigenvalue weighted by Gasteiger charge is 2.48. The summed E-state index contributed by atoms with van der Waals surface area (Å²) in [6, 6.07) is 13.6. The normalized spacial score (nSPS) is 17.8. The molecule has 10 heteroatoms. The summed E-state index contributed by atoms with van der Waals surface area (Å²) < 4.78 is 24.6. The number of fused-ring (bicyclic) bond motifs is 1. The molecular weight excluding hydrogens is 478 g/mol. The summed E-state index contributed by atoms with van der Waals surface area (Å²) in [5.41, 5.74) is 3.61. The van der Waals surface area contributed by atoms with Crippen molar-refractivity contribution >= 4 is 45.9 Å². The first-order valence-electron chi connectivity index (χ1n) is 10.2. The van der Waals surface area contributed by atoms with Gasteiger partial charge in [0.1, 0.15) is 16.8 Å². The number of ether oxygens (including phenoxy) is 3. The van der Waals surface area contributed by atoms with Crippen LogP contribution in [0.2, 0.25) is 5.02 Å². The average Bonchev–Trinajstić information content (AvgIpc) is 3.41. The fraction of sp³-hybridized carbons (Fsp3) is 0.167. The second kappa shape index (κ2) is 8.68. The molecule has 34 heavy (non-hydrogen) atoms. The Morgan fingerprint density at radius 1 is 1.06 bits per heavy atom. The topological polar surface area (TPSA) is 104 Å². The van der Waals surface area contributed by atoms with Crippen molar-refractivity contribution in [2.24, 2.45) is 0 Å². The summed E-state index contributed by atoms with van der Waals surface area (Å²) in [5, 5.41) is 12.1. The predicted molar refractivity (Wildman–Crippen MR) is 127 cm³/mol. The van der Waals surface area contributed by atoms with Crippen molar-refractivity contribution in [2.45, 2.75) is 12.2 Å². The van der Waals surface area contributed by atoms with Crippen molar-refractivity contribution in [3.05, 3.63) is 82.0 Å². The lowest BCUT2D eigenvalue weighted by atomic mass is 9.88. The van der Waals surface area contributed by atoms with Gasteiger partial charge in [-0.05, 0) is 47.5 Å². The molecule has 0 aliphatic carbocycles. The van der Waals surface area contributed by atoms with Gasteiger partial charge in [-0.25, -0.2) is 9.78 Å². The van der Waals surface area contributed by atoms with E-state index in [9.17, 15) is 9.90 Å². The number of pyridine rings is 1. The van der Waals surface area contributed by atoms with Gasteiger partial charge < -0.3 is 19.3 Å². The Kier molecular flexibility index (Phi) is 5.68. The molecule has 0 amide bonds. The number of cyclic esters (lactones) is 1. The van der Waals surface area contributed by atoms with E-state index in [4.69, 9.17) is 25.8 Å². The van der Waals surface area contributed by atoms with Gasteiger partial charge in [0.05, 0.1) is 36.5 Å². The molecule has 4 aromatic rings. The van der Waals surface area contributed by atoms with Crippen LogP contribution in [-0.4, -0.2) is 39.0 Å². The van der Waals surface area contributed by atoms with Crippen LogP contribution >= 0.6 is 23.3 Å². The van der Waals surface area contributed by atoms with E-state index >= 15 is 0 Å². The first-order valence-corrected chi connectivity index (χ1v) is 11.3.